The molecule has 0 bridgehead atoms. The summed E-state index contributed by atoms with van der Waals surface area (Å²) in [5.74, 6) is -1.84. The Balaban J connectivity index is 2.78. The zero-order chi connectivity index (χ0) is 18.5. The van der Waals surface area contributed by atoms with E-state index in [1.165, 1.54) is 17.2 Å². The van der Waals surface area contributed by atoms with E-state index in [9.17, 15) is 8.78 Å². The lowest BCUT2D eigenvalue weighted by Crippen LogP contribution is -2.22. The molecule has 1 aliphatic heterocycles. The van der Waals surface area contributed by atoms with Crippen molar-refractivity contribution in [3.05, 3.63) is 83.8 Å². The third kappa shape index (κ3) is 8.31. The lowest BCUT2D eigenvalue weighted by Gasteiger charge is -2.14. The number of nitrogens with one attached hydrogen (secondary N) is 3. The van der Waals surface area contributed by atoms with Crippen molar-refractivity contribution in [1.29, 1.82) is 0 Å². The molecule has 0 unspecified atom stereocenters. The highest BCUT2D eigenvalue weighted by atomic mass is 19.2. The molecule has 136 valence electrons. The summed E-state index contributed by atoms with van der Waals surface area (Å²) in [6, 6.07) is 0. The molecular weight excluding hydrogens is 320 g/mol. The van der Waals surface area contributed by atoms with Crippen molar-refractivity contribution in [1.82, 2.24) is 16.0 Å². The van der Waals surface area contributed by atoms with Crippen LogP contribution in [-0.2, 0) is 0 Å². The maximum atomic E-state index is 13.5. The van der Waals surface area contributed by atoms with E-state index in [0.717, 1.165) is 37.4 Å². The van der Waals surface area contributed by atoms with Gasteiger partial charge < -0.3 is 16.0 Å². The van der Waals surface area contributed by atoms with Gasteiger partial charge in [-0.1, -0.05) is 24.8 Å². The largest absolute Gasteiger partial charge is 0.394 e. The summed E-state index contributed by atoms with van der Waals surface area (Å²) in [4.78, 5) is 0. The van der Waals surface area contributed by atoms with Crippen LogP contribution in [0.5, 0.6) is 0 Å². The van der Waals surface area contributed by atoms with Gasteiger partial charge in [0.05, 0.1) is 0 Å². The molecule has 0 saturated carbocycles. The van der Waals surface area contributed by atoms with Gasteiger partial charge >= 0.3 is 0 Å². The van der Waals surface area contributed by atoms with E-state index in [4.69, 9.17) is 0 Å². The quantitative estimate of drug-likeness (QED) is 0.553. The highest BCUT2D eigenvalue weighted by Gasteiger charge is 2.04. The zero-order valence-corrected chi connectivity index (χ0v) is 14.9. The molecule has 5 heteroatoms. The Labute approximate surface area is 149 Å². The first kappa shape index (κ1) is 20.6. The molecule has 25 heavy (non-hydrogen) atoms. The first-order valence-electron chi connectivity index (χ1n) is 8.29. The van der Waals surface area contributed by atoms with Gasteiger partial charge in [0.25, 0.3) is 0 Å². The molecule has 0 saturated heterocycles. The number of halogens is 2. The van der Waals surface area contributed by atoms with Crippen LogP contribution in [0.3, 0.4) is 0 Å². The van der Waals surface area contributed by atoms with E-state index in [1.807, 2.05) is 18.2 Å². The maximum absolute atomic E-state index is 13.5. The van der Waals surface area contributed by atoms with E-state index in [2.05, 4.69) is 35.5 Å². The monoisotopic (exact) mass is 347 g/mol. The Morgan fingerprint density at radius 1 is 1.28 bits per heavy atom. The van der Waals surface area contributed by atoms with Gasteiger partial charge in [-0.3, -0.25) is 0 Å². The molecule has 0 aliphatic carbocycles. The van der Waals surface area contributed by atoms with Crippen LogP contribution in [0.25, 0.3) is 0 Å². The highest BCUT2D eigenvalue weighted by molar-refractivity contribution is 5.36. The molecule has 0 amide bonds. The van der Waals surface area contributed by atoms with Gasteiger partial charge in [-0.05, 0) is 61.5 Å². The van der Waals surface area contributed by atoms with Gasteiger partial charge in [0.2, 0.25) is 0 Å². The highest BCUT2D eigenvalue weighted by Crippen LogP contribution is 2.13. The topological polar surface area (TPSA) is 36.1 Å². The van der Waals surface area contributed by atoms with E-state index >= 15 is 0 Å². The van der Waals surface area contributed by atoms with Crippen LogP contribution in [0.15, 0.2) is 83.8 Å². The third-order valence-electron chi connectivity index (χ3n) is 3.56. The first-order chi connectivity index (χ1) is 12.1. The molecule has 0 aromatic carbocycles. The lowest BCUT2D eigenvalue weighted by atomic mass is 10.0. The Morgan fingerprint density at radius 2 is 2.08 bits per heavy atom. The van der Waals surface area contributed by atoms with Crippen molar-refractivity contribution in [2.75, 3.05) is 26.7 Å². The molecular formula is C20H27F2N3. The minimum absolute atomic E-state index is 0.168. The van der Waals surface area contributed by atoms with Gasteiger partial charge in [-0.15, -0.1) is 0 Å². The van der Waals surface area contributed by atoms with Crippen molar-refractivity contribution in [3.63, 3.8) is 0 Å². The second-order valence-electron chi connectivity index (χ2n) is 5.47. The minimum Gasteiger partial charge on any atom is -0.394 e. The molecule has 1 heterocycles. The lowest BCUT2D eigenvalue weighted by molar-refractivity contribution is 0.542. The molecule has 3 nitrogen and oxygen atoms in total. The number of hydrogen-bond acceptors (Lipinski definition) is 3. The molecule has 0 aromatic heterocycles. The predicted octanol–water partition coefficient (Wildman–Crippen LogP) is 3.95. The molecule has 3 N–H and O–H groups in total. The van der Waals surface area contributed by atoms with Crippen LogP contribution < -0.4 is 16.0 Å². The molecule has 1 aliphatic rings. The van der Waals surface area contributed by atoms with Gasteiger partial charge in [-0.25, -0.2) is 8.78 Å². The van der Waals surface area contributed by atoms with Gasteiger partial charge in [0.1, 0.15) is 0 Å². The van der Waals surface area contributed by atoms with Crippen molar-refractivity contribution in [3.8, 4) is 0 Å². The number of hydrogen-bond donors (Lipinski definition) is 3. The minimum atomic E-state index is -0.930. The summed E-state index contributed by atoms with van der Waals surface area (Å²) in [7, 11) is 1.79. The maximum Gasteiger partial charge on any atom is 0.158 e. The standard InChI is InChI=1S/C20H27F2N3/c1-4-6-19(21)20(22)11-14-25-18(10-13-23-3)9-8-16(2)17-7-5-12-24-15-17/h4,6-11,13,23-25H,1,5,12,14-15H2,2-3H3/b13-10+,16-8+,18-9+,19-6+,20-11+. The molecule has 0 atom stereocenters. The van der Waals surface area contributed by atoms with Crippen molar-refractivity contribution in [2.45, 2.75) is 13.3 Å². The number of rotatable bonds is 9. The average Bonchev–Trinajstić information content (AvgIpc) is 2.63. The molecule has 0 aromatic rings. The van der Waals surface area contributed by atoms with Crippen LogP contribution >= 0.6 is 0 Å². The molecule has 0 spiro atoms. The van der Waals surface area contributed by atoms with Crippen molar-refractivity contribution in [2.24, 2.45) is 0 Å². The number of allylic oxidation sites excluding steroid dienone is 7. The van der Waals surface area contributed by atoms with E-state index in [0.29, 0.717) is 0 Å². The van der Waals surface area contributed by atoms with E-state index in [1.54, 1.807) is 13.2 Å². The Kier molecular flexibility index (Phi) is 9.94. The second kappa shape index (κ2) is 12.0. The molecule has 0 fully saturated rings. The summed E-state index contributed by atoms with van der Waals surface area (Å²) in [6.45, 7) is 7.45. The van der Waals surface area contributed by atoms with E-state index < -0.39 is 11.7 Å². The fourth-order valence-electron chi connectivity index (χ4n) is 2.15. The third-order valence-corrected chi connectivity index (χ3v) is 3.56. The van der Waals surface area contributed by atoms with Crippen molar-refractivity contribution >= 4 is 0 Å². The summed E-state index contributed by atoms with van der Waals surface area (Å²) in [5.41, 5.74) is 3.24. The fraction of sp³-hybridized carbons (Fsp3) is 0.300. The summed E-state index contributed by atoms with van der Waals surface area (Å²) >= 11 is 0. The second-order valence-corrected chi connectivity index (χ2v) is 5.47. The Hall–Kier alpha value is -2.40. The fourth-order valence-corrected chi connectivity index (χ4v) is 2.15. The zero-order valence-electron chi connectivity index (χ0n) is 14.9. The van der Waals surface area contributed by atoms with Gasteiger partial charge in [0.15, 0.2) is 11.7 Å². The molecule has 0 radical (unpaired) electrons. The summed E-state index contributed by atoms with van der Waals surface area (Å²) < 4.78 is 26.7. The van der Waals surface area contributed by atoms with Crippen LogP contribution in [-0.4, -0.2) is 26.7 Å². The first-order valence-corrected chi connectivity index (χ1v) is 8.29. The van der Waals surface area contributed by atoms with Crippen LogP contribution in [0.2, 0.25) is 0 Å². The van der Waals surface area contributed by atoms with Crippen LogP contribution in [0.4, 0.5) is 8.78 Å². The summed E-state index contributed by atoms with van der Waals surface area (Å²) in [6.07, 6.45) is 14.1. The molecule has 1 rings (SSSR count). The Bertz CT molecular complexity index is 623. The Morgan fingerprint density at radius 3 is 2.72 bits per heavy atom. The average molecular weight is 347 g/mol. The van der Waals surface area contributed by atoms with Gasteiger partial charge in [0, 0.05) is 25.8 Å². The summed E-state index contributed by atoms with van der Waals surface area (Å²) in [5, 5.41) is 9.31. The van der Waals surface area contributed by atoms with Crippen LogP contribution in [0, 0.1) is 0 Å². The van der Waals surface area contributed by atoms with E-state index in [-0.39, 0.29) is 6.54 Å². The normalized spacial score (nSPS) is 17.5. The van der Waals surface area contributed by atoms with Gasteiger partial charge in [-0.2, -0.15) is 0 Å². The van der Waals surface area contributed by atoms with Crippen LogP contribution in [0.1, 0.15) is 13.3 Å². The SMILES string of the molecule is C=C/C=C(F)\C(F)=C/CNC(/C=C/NC)=C/C=C(\C)C1=CCCNC1. The predicted molar refractivity (Wildman–Crippen MR) is 102 cm³/mol. The smallest absolute Gasteiger partial charge is 0.158 e. The van der Waals surface area contributed by atoms with Crippen molar-refractivity contribution < 1.29 is 8.78 Å².